The Hall–Kier alpha value is -3.20. The van der Waals surface area contributed by atoms with Gasteiger partial charge in [-0.05, 0) is 70.2 Å². The molecule has 1 fully saturated rings. The first-order valence-corrected chi connectivity index (χ1v) is 12.8. The number of amides is 1. The number of fused-ring (bicyclic) bond motifs is 3. The van der Waals surface area contributed by atoms with Gasteiger partial charge in [-0.1, -0.05) is 11.6 Å². The van der Waals surface area contributed by atoms with Crippen molar-refractivity contribution in [2.45, 2.75) is 77.2 Å². The minimum absolute atomic E-state index is 0.113. The number of nitrogens with zero attached hydrogens (tertiary/aromatic N) is 4. The fourth-order valence-corrected chi connectivity index (χ4v) is 5.17. The number of ether oxygens (including phenoxy) is 2. The molecule has 1 aromatic heterocycles. The van der Waals surface area contributed by atoms with E-state index in [2.05, 4.69) is 10.2 Å². The number of hydrogen-bond acceptors (Lipinski definition) is 5. The van der Waals surface area contributed by atoms with Crippen LogP contribution in [0.5, 0.6) is 5.75 Å². The van der Waals surface area contributed by atoms with E-state index in [1.165, 1.54) is 12.1 Å². The van der Waals surface area contributed by atoms with Gasteiger partial charge in [0.15, 0.2) is 5.82 Å². The molecule has 2 aliphatic rings. The van der Waals surface area contributed by atoms with E-state index in [1.807, 2.05) is 43.5 Å². The molecular weight excluding hydrogens is 502 g/mol. The van der Waals surface area contributed by atoms with Crippen LogP contribution in [-0.4, -0.2) is 37.5 Å². The molecule has 1 saturated carbocycles. The summed E-state index contributed by atoms with van der Waals surface area (Å²) >= 11 is 6.32. The SMILES string of the molecule is CC(C)(C)OC(=O)N1Cc2cc(Cl)ccc2-n2c(nnc2[C@H]2CC[C@H](Oc3cc(F)cc(F)c3)CC2)C1. The van der Waals surface area contributed by atoms with Crippen molar-refractivity contribution in [2.24, 2.45) is 0 Å². The van der Waals surface area contributed by atoms with Gasteiger partial charge in [-0.2, -0.15) is 0 Å². The summed E-state index contributed by atoms with van der Waals surface area (Å²) in [6, 6.07) is 8.84. The van der Waals surface area contributed by atoms with E-state index in [9.17, 15) is 13.6 Å². The maximum Gasteiger partial charge on any atom is 0.411 e. The number of hydrogen-bond donors (Lipinski definition) is 0. The lowest BCUT2D eigenvalue weighted by Crippen LogP contribution is -2.35. The lowest BCUT2D eigenvalue weighted by atomic mass is 9.86. The van der Waals surface area contributed by atoms with Crippen molar-refractivity contribution in [1.82, 2.24) is 19.7 Å². The van der Waals surface area contributed by atoms with Crippen LogP contribution in [0.1, 0.15) is 69.6 Å². The van der Waals surface area contributed by atoms with Gasteiger partial charge in [0.2, 0.25) is 0 Å². The summed E-state index contributed by atoms with van der Waals surface area (Å²) in [5.74, 6) is 0.464. The summed E-state index contributed by atoms with van der Waals surface area (Å²) in [4.78, 5) is 14.6. The first-order valence-electron chi connectivity index (χ1n) is 12.4. The van der Waals surface area contributed by atoms with Gasteiger partial charge in [-0.3, -0.25) is 9.47 Å². The average Bonchev–Trinajstić information content (AvgIpc) is 3.13. The number of benzene rings is 2. The molecule has 196 valence electrons. The Balaban J connectivity index is 1.38. The smallest absolute Gasteiger partial charge is 0.411 e. The number of aromatic nitrogens is 3. The topological polar surface area (TPSA) is 69.5 Å². The predicted octanol–water partition coefficient (Wildman–Crippen LogP) is 6.55. The maximum absolute atomic E-state index is 13.5. The summed E-state index contributed by atoms with van der Waals surface area (Å²) in [5, 5.41) is 9.59. The molecule has 2 aromatic carbocycles. The average molecular weight is 531 g/mol. The molecule has 5 rings (SSSR count). The van der Waals surface area contributed by atoms with E-state index in [0.29, 0.717) is 30.2 Å². The number of rotatable bonds is 3. The molecule has 0 spiro atoms. The van der Waals surface area contributed by atoms with Gasteiger partial charge in [-0.15, -0.1) is 10.2 Å². The zero-order valence-corrected chi connectivity index (χ0v) is 21.8. The summed E-state index contributed by atoms with van der Waals surface area (Å²) in [7, 11) is 0. The Labute approximate surface area is 219 Å². The van der Waals surface area contributed by atoms with Crippen LogP contribution in [0.3, 0.4) is 0 Å². The highest BCUT2D eigenvalue weighted by atomic mass is 35.5. The Morgan fingerprint density at radius 3 is 2.38 bits per heavy atom. The molecule has 0 radical (unpaired) electrons. The first-order chi connectivity index (χ1) is 17.6. The second-order valence-electron chi connectivity index (χ2n) is 10.6. The molecule has 7 nitrogen and oxygen atoms in total. The zero-order valence-electron chi connectivity index (χ0n) is 21.0. The second-order valence-corrected chi connectivity index (χ2v) is 11.1. The largest absolute Gasteiger partial charge is 0.490 e. The van der Waals surface area contributed by atoms with E-state index >= 15 is 0 Å². The molecule has 0 saturated heterocycles. The third-order valence-electron chi connectivity index (χ3n) is 6.56. The Kier molecular flexibility index (Phi) is 6.83. The fraction of sp³-hybridized carbons (Fsp3) is 0.444. The number of carbonyl (C=O) groups is 1. The van der Waals surface area contributed by atoms with Crippen molar-refractivity contribution in [1.29, 1.82) is 0 Å². The van der Waals surface area contributed by atoms with Crippen LogP contribution in [0.15, 0.2) is 36.4 Å². The van der Waals surface area contributed by atoms with Crippen LogP contribution in [-0.2, 0) is 17.8 Å². The molecule has 3 aromatic rings. The molecule has 0 bridgehead atoms. The van der Waals surface area contributed by atoms with Gasteiger partial charge in [0.05, 0.1) is 24.9 Å². The molecule has 10 heteroatoms. The Morgan fingerprint density at radius 2 is 1.70 bits per heavy atom. The van der Waals surface area contributed by atoms with E-state index < -0.39 is 23.3 Å². The number of halogens is 3. The molecular formula is C27H29ClF2N4O3. The van der Waals surface area contributed by atoms with Crippen LogP contribution < -0.4 is 4.74 Å². The zero-order chi connectivity index (χ0) is 26.3. The summed E-state index contributed by atoms with van der Waals surface area (Å²) in [5.41, 5.74) is 1.14. The fourth-order valence-electron chi connectivity index (χ4n) is 4.97. The van der Waals surface area contributed by atoms with Crippen molar-refractivity contribution >= 4 is 17.7 Å². The summed E-state index contributed by atoms with van der Waals surface area (Å²) in [6.45, 7) is 6.08. The molecule has 1 amide bonds. The highest BCUT2D eigenvalue weighted by molar-refractivity contribution is 6.30. The Morgan fingerprint density at radius 1 is 1.00 bits per heavy atom. The van der Waals surface area contributed by atoms with E-state index in [1.54, 1.807) is 4.90 Å². The van der Waals surface area contributed by atoms with Crippen LogP contribution in [0.2, 0.25) is 5.02 Å². The lowest BCUT2D eigenvalue weighted by Gasteiger charge is -2.29. The molecule has 0 unspecified atom stereocenters. The van der Waals surface area contributed by atoms with Gasteiger partial charge >= 0.3 is 6.09 Å². The minimum Gasteiger partial charge on any atom is -0.490 e. The molecule has 37 heavy (non-hydrogen) atoms. The van der Waals surface area contributed by atoms with Gasteiger partial charge in [0.1, 0.15) is 28.8 Å². The molecule has 0 atom stereocenters. The molecule has 0 N–H and O–H groups in total. The standard InChI is InChI=1S/C27H29ClF2N4O3/c1-27(2,3)37-26(35)33-14-17-10-18(28)6-9-23(17)34-24(15-33)31-32-25(34)16-4-7-21(8-5-16)36-22-12-19(29)11-20(30)13-22/h6,9-13,16,21H,4-5,7-8,14-15H2,1-3H3/t16-,21-. The quantitative estimate of drug-likeness (QED) is 0.384. The third kappa shape index (κ3) is 5.71. The number of carbonyl (C=O) groups excluding carboxylic acids is 1. The van der Waals surface area contributed by atoms with Crippen molar-refractivity contribution in [3.05, 3.63) is 70.3 Å². The van der Waals surface area contributed by atoms with Crippen molar-refractivity contribution in [3.8, 4) is 11.4 Å². The maximum atomic E-state index is 13.5. The van der Waals surface area contributed by atoms with Crippen molar-refractivity contribution in [3.63, 3.8) is 0 Å². The first kappa shape index (κ1) is 25.4. The Bertz CT molecular complexity index is 1300. The minimum atomic E-state index is -0.658. The highest BCUT2D eigenvalue weighted by Crippen LogP contribution is 2.37. The predicted molar refractivity (Wildman–Crippen MR) is 134 cm³/mol. The van der Waals surface area contributed by atoms with Gasteiger partial charge < -0.3 is 9.47 Å². The van der Waals surface area contributed by atoms with Crippen LogP contribution >= 0.6 is 11.6 Å². The van der Waals surface area contributed by atoms with Crippen molar-refractivity contribution < 1.29 is 23.0 Å². The van der Waals surface area contributed by atoms with Crippen LogP contribution in [0.4, 0.5) is 13.6 Å². The van der Waals surface area contributed by atoms with Gasteiger partial charge in [0.25, 0.3) is 0 Å². The summed E-state index contributed by atoms with van der Waals surface area (Å²) in [6.07, 6.45) is 2.41. The van der Waals surface area contributed by atoms with E-state index in [-0.39, 0.29) is 24.3 Å². The molecule has 2 heterocycles. The molecule has 1 aliphatic heterocycles. The third-order valence-corrected chi connectivity index (χ3v) is 6.80. The van der Waals surface area contributed by atoms with Crippen LogP contribution in [0.25, 0.3) is 5.69 Å². The second kappa shape index (κ2) is 9.93. The summed E-state index contributed by atoms with van der Waals surface area (Å²) < 4.78 is 40.6. The normalized spacial score (nSPS) is 19.6. The van der Waals surface area contributed by atoms with Crippen LogP contribution in [0, 0.1) is 11.6 Å². The highest BCUT2D eigenvalue weighted by Gasteiger charge is 2.33. The lowest BCUT2D eigenvalue weighted by molar-refractivity contribution is 0.0214. The van der Waals surface area contributed by atoms with Crippen molar-refractivity contribution in [2.75, 3.05) is 0 Å². The van der Waals surface area contributed by atoms with Gasteiger partial charge in [-0.25, -0.2) is 13.6 Å². The van der Waals surface area contributed by atoms with Gasteiger partial charge in [0, 0.05) is 29.1 Å². The van der Waals surface area contributed by atoms with E-state index in [4.69, 9.17) is 21.1 Å². The molecule has 1 aliphatic carbocycles. The van der Waals surface area contributed by atoms with E-state index in [0.717, 1.165) is 36.0 Å². The monoisotopic (exact) mass is 530 g/mol.